The van der Waals surface area contributed by atoms with Crippen molar-refractivity contribution in [2.75, 3.05) is 19.2 Å². The summed E-state index contributed by atoms with van der Waals surface area (Å²) in [6.45, 7) is 0.214. The Morgan fingerprint density at radius 2 is 1.88 bits per heavy atom. The zero-order valence-electron chi connectivity index (χ0n) is 14.0. The van der Waals surface area contributed by atoms with E-state index in [1.54, 1.807) is 25.3 Å². The normalized spacial score (nSPS) is 16.2. The molecule has 6 nitrogen and oxygen atoms in total. The smallest absolute Gasteiger partial charge is 0.319 e. The van der Waals surface area contributed by atoms with Gasteiger partial charge in [0.2, 0.25) is 6.79 Å². The highest BCUT2D eigenvalue weighted by Crippen LogP contribution is 2.41. The monoisotopic (exact) mass is 340 g/mol. The molecule has 1 unspecified atom stereocenters. The number of ether oxygens (including phenoxy) is 3. The minimum atomic E-state index is -0.230. The van der Waals surface area contributed by atoms with Crippen molar-refractivity contribution in [3.05, 3.63) is 48.0 Å². The lowest BCUT2D eigenvalue weighted by molar-refractivity contribution is 0.174. The number of benzene rings is 2. The van der Waals surface area contributed by atoms with E-state index in [4.69, 9.17) is 14.2 Å². The van der Waals surface area contributed by atoms with Crippen LogP contribution in [0.4, 0.5) is 10.5 Å². The first kappa shape index (κ1) is 15.6. The van der Waals surface area contributed by atoms with Gasteiger partial charge in [-0.3, -0.25) is 0 Å². The van der Waals surface area contributed by atoms with Gasteiger partial charge in [0, 0.05) is 11.8 Å². The van der Waals surface area contributed by atoms with Crippen LogP contribution in [0.2, 0.25) is 0 Å². The molecule has 2 aromatic carbocycles. The molecule has 1 atom stereocenters. The third-order valence-corrected chi connectivity index (χ3v) is 4.49. The van der Waals surface area contributed by atoms with E-state index in [0.717, 1.165) is 24.2 Å². The maximum absolute atomic E-state index is 12.4. The average Bonchev–Trinajstić information content (AvgIpc) is 3.37. The molecule has 0 spiro atoms. The Morgan fingerprint density at radius 1 is 1.12 bits per heavy atom. The van der Waals surface area contributed by atoms with Gasteiger partial charge in [-0.05, 0) is 48.6 Å². The van der Waals surface area contributed by atoms with Gasteiger partial charge in [0.25, 0.3) is 0 Å². The number of hydrogen-bond acceptors (Lipinski definition) is 4. The molecule has 1 aliphatic heterocycles. The third kappa shape index (κ3) is 3.47. The molecule has 1 fully saturated rings. The van der Waals surface area contributed by atoms with E-state index < -0.39 is 0 Å². The molecule has 25 heavy (non-hydrogen) atoms. The average molecular weight is 340 g/mol. The van der Waals surface area contributed by atoms with Crippen LogP contribution in [0.1, 0.15) is 24.4 Å². The van der Waals surface area contributed by atoms with Crippen LogP contribution >= 0.6 is 0 Å². The molecule has 0 bridgehead atoms. The summed E-state index contributed by atoms with van der Waals surface area (Å²) in [5.74, 6) is 2.63. The number of carbonyl (C=O) groups excluding carboxylic acids is 1. The zero-order valence-corrected chi connectivity index (χ0v) is 14.0. The quantitative estimate of drug-likeness (QED) is 0.871. The van der Waals surface area contributed by atoms with Gasteiger partial charge in [0.1, 0.15) is 5.75 Å². The first-order valence-corrected chi connectivity index (χ1v) is 8.34. The summed E-state index contributed by atoms with van der Waals surface area (Å²) in [5.41, 5.74) is 1.76. The largest absolute Gasteiger partial charge is 0.497 e. The van der Waals surface area contributed by atoms with E-state index >= 15 is 0 Å². The van der Waals surface area contributed by atoms with Crippen LogP contribution in [0.25, 0.3) is 0 Å². The highest BCUT2D eigenvalue weighted by atomic mass is 16.7. The number of methoxy groups -OCH3 is 1. The summed E-state index contributed by atoms with van der Waals surface area (Å²) < 4.78 is 15.8. The number of nitrogens with one attached hydrogen (secondary N) is 2. The molecule has 1 heterocycles. The summed E-state index contributed by atoms with van der Waals surface area (Å²) in [6.07, 6.45) is 2.25. The number of carbonyl (C=O) groups is 1. The summed E-state index contributed by atoms with van der Waals surface area (Å²) in [7, 11) is 1.64. The molecule has 0 aromatic heterocycles. The summed E-state index contributed by atoms with van der Waals surface area (Å²) in [5, 5.41) is 5.95. The Kier molecular flexibility index (Phi) is 4.09. The summed E-state index contributed by atoms with van der Waals surface area (Å²) in [6, 6.07) is 13.0. The first-order valence-electron chi connectivity index (χ1n) is 8.34. The molecular formula is C19H20N2O4. The Labute approximate surface area is 146 Å². The first-order chi connectivity index (χ1) is 12.2. The molecule has 0 saturated heterocycles. The van der Waals surface area contributed by atoms with Crippen molar-refractivity contribution in [2.45, 2.75) is 18.9 Å². The topological polar surface area (TPSA) is 68.8 Å². The fraction of sp³-hybridized carbons (Fsp3) is 0.316. The fourth-order valence-corrected chi connectivity index (χ4v) is 3.00. The standard InChI is InChI=1S/C19H20N2O4/c1-23-15-7-4-13(5-8-15)18(12-2-3-12)21-19(22)20-14-6-9-16-17(10-14)25-11-24-16/h4-10,12,18H,2-3,11H2,1H3,(H2,20,21,22). The lowest BCUT2D eigenvalue weighted by atomic mass is 10.0. The van der Waals surface area contributed by atoms with E-state index in [9.17, 15) is 4.79 Å². The molecule has 1 saturated carbocycles. The summed E-state index contributed by atoms with van der Waals surface area (Å²) in [4.78, 5) is 12.4. The van der Waals surface area contributed by atoms with E-state index in [-0.39, 0.29) is 18.9 Å². The Hall–Kier alpha value is -2.89. The molecule has 4 rings (SSSR count). The van der Waals surface area contributed by atoms with E-state index in [2.05, 4.69) is 10.6 Å². The molecule has 2 N–H and O–H groups in total. The number of anilines is 1. The van der Waals surface area contributed by atoms with Crippen LogP contribution in [-0.4, -0.2) is 19.9 Å². The van der Waals surface area contributed by atoms with Crippen molar-refractivity contribution in [2.24, 2.45) is 5.92 Å². The predicted octanol–water partition coefficient (Wildman–Crippen LogP) is 3.70. The van der Waals surface area contributed by atoms with Gasteiger partial charge in [0.05, 0.1) is 13.2 Å². The van der Waals surface area contributed by atoms with E-state index in [1.807, 2.05) is 24.3 Å². The molecular weight excluding hydrogens is 320 g/mol. The molecule has 130 valence electrons. The second-order valence-electron chi connectivity index (χ2n) is 6.25. The second-order valence-corrected chi connectivity index (χ2v) is 6.25. The lowest BCUT2D eigenvalue weighted by Gasteiger charge is -2.19. The maximum atomic E-state index is 12.4. The molecule has 6 heteroatoms. The van der Waals surface area contributed by atoms with Gasteiger partial charge in [0.15, 0.2) is 11.5 Å². The van der Waals surface area contributed by atoms with Gasteiger partial charge < -0.3 is 24.8 Å². The second kappa shape index (κ2) is 6.55. The highest BCUT2D eigenvalue weighted by molar-refractivity contribution is 5.90. The number of hydrogen-bond donors (Lipinski definition) is 2. The fourth-order valence-electron chi connectivity index (χ4n) is 3.00. The van der Waals surface area contributed by atoms with Crippen molar-refractivity contribution >= 4 is 11.7 Å². The Morgan fingerprint density at radius 3 is 2.60 bits per heavy atom. The maximum Gasteiger partial charge on any atom is 0.319 e. The minimum Gasteiger partial charge on any atom is -0.497 e. The number of rotatable bonds is 5. The van der Waals surface area contributed by atoms with Gasteiger partial charge in [-0.1, -0.05) is 12.1 Å². The molecule has 1 aliphatic carbocycles. The Bertz CT molecular complexity index is 771. The lowest BCUT2D eigenvalue weighted by Crippen LogP contribution is -2.33. The van der Waals surface area contributed by atoms with Crippen molar-refractivity contribution in [1.82, 2.24) is 5.32 Å². The predicted molar refractivity (Wildman–Crippen MR) is 93.2 cm³/mol. The van der Waals surface area contributed by atoms with Crippen molar-refractivity contribution in [3.8, 4) is 17.2 Å². The highest BCUT2D eigenvalue weighted by Gasteiger charge is 2.33. The SMILES string of the molecule is COc1ccc(C(NC(=O)Nc2ccc3c(c2)OCO3)C2CC2)cc1. The van der Waals surface area contributed by atoms with Gasteiger partial charge in [-0.25, -0.2) is 4.79 Å². The minimum absolute atomic E-state index is 0.0000771. The molecule has 0 radical (unpaired) electrons. The molecule has 2 aromatic rings. The van der Waals surface area contributed by atoms with Crippen LogP contribution < -0.4 is 24.8 Å². The zero-order chi connectivity index (χ0) is 17.2. The van der Waals surface area contributed by atoms with Crippen LogP contribution in [0.5, 0.6) is 17.2 Å². The van der Waals surface area contributed by atoms with Crippen molar-refractivity contribution < 1.29 is 19.0 Å². The molecule has 2 amide bonds. The van der Waals surface area contributed by atoms with Gasteiger partial charge in [-0.15, -0.1) is 0 Å². The molecule has 2 aliphatic rings. The Balaban J connectivity index is 1.44. The summed E-state index contributed by atoms with van der Waals surface area (Å²) >= 11 is 0. The van der Waals surface area contributed by atoms with Crippen LogP contribution in [0.15, 0.2) is 42.5 Å². The van der Waals surface area contributed by atoms with Crippen LogP contribution in [-0.2, 0) is 0 Å². The number of urea groups is 1. The number of amides is 2. The van der Waals surface area contributed by atoms with Crippen LogP contribution in [0.3, 0.4) is 0 Å². The van der Waals surface area contributed by atoms with Crippen molar-refractivity contribution in [1.29, 1.82) is 0 Å². The van der Waals surface area contributed by atoms with Crippen LogP contribution in [0, 0.1) is 5.92 Å². The van der Waals surface area contributed by atoms with E-state index in [0.29, 0.717) is 23.1 Å². The van der Waals surface area contributed by atoms with Crippen molar-refractivity contribution in [3.63, 3.8) is 0 Å². The number of fused-ring (bicyclic) bond motifs is 1. The third-order valence-electron chi connectivity index (χ3n) is 4.49. The van der Waals surface area contributed by atoms with Gasteiger partial charge in [-0.2, -0.15) is 0 Å². The van der Waals surface area contributed by atoms with E-state index in [1.165, 1.54) is 0 Å². The van der Waals surface area contributed by atoms with Gasteiger partial charge >= 0.3 is 6.03 Å².